The predicted octanol–water partition coefficient (Wildman–Crippen LogP) is 12.2. The smallest absolute Gasteiger partial charge is 0.328 e. The zero-order valence-corrected chi connectivity index (χ0v) is 87.3. The number of methoxy groups -OCH3 is 6. The molecule has 0 saturated heterocycles. The van der Waals surface area contributed by atoms with Gasteiger partial charge in [0.05, 0.1) is 138 Å². The molecule has 0 aliphatic rings. The maximum atomic E-state index is 13.2. The molecule has 9 aromatic heterocycles. The number of Topliss-reactive ketones (excluding diaryl/α,β-unsaturated/α-hetero) is 4. The normalized spacial score (nSPS) is 12.7. The summed E-state index contributed by atoms with van der Waals surface area (Å²) in [6.45, 7) is 15.9. The molecule has 9 heterocycles. The number of carboxylic acids is 2. The van der Waals surface area contributed by atoms with E-state index in [0.29, 0.717) is 101 Å². The number of esters is 2. The van der Waals surface area contributed by atoms with Gasteiger partial charge in [0.1, 0.15) is 53.2 Å². The molecule has 0 unspecified atom stereocenters. The number of primary amides is 1. The Hall–Kier alpha value is -15.6. The van der Waals surface area contributed by atoms with Crippen molar-refractivity contribution in [3.63, 3.8) is 0 Å². The van der Waals surface area contributed by atoms with Crippen molar-refractivity contribution in [3.8, 4) is 29.1 Å². The van der Waals surface area contributed by atoms with Crippen LogP contribution in [0.4, 0.5) is 0 Å². The maximum Gasteiger partial charge on any atom is 0.328 e. The molecule has 15 N–H and O–H groups in total. The molecule has 0 aliphatic heterocycles. The third-order valence-corrected chi connectivity index (χ3v) is 23.4. The van der Waals surface area contributed by atoms with Gasteiger partial charge >= 0.3 is 23.9 Å². The van der Waals surface area contributed by atoms with Gasteiger partial charge in [-0.15, -0.1) is 12.4 Å². The van der Waals surface area contributed by atoms with E-state index in [9.17, 15) is 67.9 Å². The van der Waals surface area contributed by atoms with Crippen molar-refractivity contribution in [3.05, 3.63) is 211 Å². The van der Waals surface area contributed by atoms with Crippen molar-refractivity contribution in [1.29, 1.82) is 5.26 Å². The van der Waals surface area contributed by atoms with E-state index in [1.165, 1.54) is 14.2 Å². The minimum absolute atomic E-state index is 0. The zero-order valence-electron chi connectivity index (χ0n) is 86.5. The number of fused-ring (bicyclic) bond motifs is 4. The second kappa shape index (κ2) is 58.5. The first-order chi connectivity index (χ1) is 69.3. The van der Waals surface area contributed by atoms with Gasteiger partial charge in [0.25, 0.3) is 0 Å². The summed E-state index contributed by atoms with van der Waals surface area (Å²) < 4.78 is 39.6. The SMILES string of the molecule is C.COC(=O)[C@@H](N)Cc1cn(C)cn1.COC(=O)[C@H](Cc1cn(C)cn1)NC(=O)[C@@H](CC(=O)c1cc2c(OC)cccc2[nH]1)CC(C)C.COc1cccc2[nH]c(C(=O)C[C@@H](CC(C)C)C(=O)N[C@@H](Cc3cn(C)cn3)C(N)=O)cc12.COc1cccc2[nH]c(C(=O)C[C@@H](CC(C)C)C(=O)N[C@H](C#N)Cc3cn(C)cn3)cc12.COc1cccc2[nH]c(C(=O)C[C@@H](CC(C)C)C(=O)O)cc12.Cl.Cn1cnc(C[C@H](N)C(=O)O)c1. The summed E-state index contributed by atoms with van der Waals surface area (Å²) in [5.74, 6) is -4.14. The van der Waals surface area contributed by atoms with Crippen LogP contribution in [0, 0.1) is 58.7 Å². The number of amides is 4. The Morgan fingerprint density at radius 2 is 0.642 bits per heavy atom. The molecule has 0 radical (unpaired) electrons. The van der Waals surface area contributed by atoms with Crippen molar-refractivity contribution >= 4 is 127 Å². The van der Waals surface area contributed by atoms with Crippen LogP contribution in [-0.4, -0.2) is 221 Å². The number of carbonyl (C=O) groups excluding carboxylic acids is 10. The van der Waals surface area contributed by atoms with E-state index in [2.05, 4.69) is 71.6 Å². The highest BCUT2D eigenvalue weighted by Crippen LogP contribution is 2.34. The van der Waals surface area contributed by atoms with Crippen LogP contribution in [0.15, 0.2) is 160 Å². The lowest BCUT2D eigenvalue weighted by Gasteiger charge is -2.22. The number of imidazole rings is 5. The number of aromatic amines is 4. The molecule has 4 amide bonds. The number of aliphatic carboxylic acids is 2. The molecule has 0 spiro atoms. The number of aromatic nitrogens is 14. The van der Waals surface area contributed by atoms with E-state index >= 15 is 0 Å². The fourth-order valence-corrected chi connectivity index (χ4v) is 16.4. The Labute approximate surface area is 866 Å². The van der Waals surface area contributed by atoms with Gasteiger partial charge < -0.3 is 115 Å². The number of carboxylic acid groups (broad SMARTS) is 2. The quantitative estimate of drug-likeness (QED) is 0.0125. The summed E-state index contributed by atoms with van der Waals surface area (Å²) in [7, 11) is 18.1. The molecule has 13 rings (SSSR count). The Morgan fingerprint density at radius 1 is 0.378 bits per heavy atom. The minimum atomic E-state index is -0.999. The standard InChI is InChI=1S/C25H32N4O5.C24H31N5O4.C24H29N5O3.C17H21NO4.C8H13N3O2.C7H11N3O2.CH4.ClH/c1-15(2)9-16(10-22(30)20-12-18-19(27-20)7-6-8-23(18)33-4)24(31)28-21(25(32)34-5)11-17-13-29(3)14-26-17;1-14(2)8-15(24(32)28-20(23(25)31)10-16-12-29(3)13-26-16)9-21(30)19-11-17-18(27-19)6-5-7-22(17)33-4;1-15(2)8-16(24(31)27-17(12-25)10-18-13-29(3)14-26-18)9-22(30)21-11-19-20(28-21)6-5-7-23(19)32-4;1-10(2)7-11(17(20)21)8-15(19)14-9-12-13(18-14)5-4-6-16(12)22-3;1-11-4-6(10-5-11)3-7(9)8(12)13-2;1-10-3-5(9-4-10)2-6(8)7(11)12;;/h6-8,12-16,21,27H,9-11H2,1-5H3,(H,28,31);5-7,11-15,20,27H,8-10H2,1-4H3,(H2,25,31)(H,28,32);5-7,11,13-17,28H,8-10H2,1-4H3,(H,27,31);4-6,9-11,18H,7-8H2,1-3H3,(H,20,21);4-5,7H,3,9H2,1-2H3;3-4,6H,2,8H2,1H3,(H,11,12);1H4;1H/t16-,21+;15-,20+;16-,17+;11-;7-;6-;;/m111100../s1. The number of halogens is 1. The summed E-state index contributed by atoms with van der Waals surface area (Å²) in [6.07, 6.45) is 20.6. The average Bonchev–Trinajstić information content (AvgIpc) is 1.67. The summed E-state index contributed by atoms with van der Waals surface area (Å²) in [5, 5.41) is 38.8. The van der Waals surface area contributed by atoms with E-state index in [4.69, 9.17) is 46.0 Å². The van der Waals surface area contributed by atoms with E-state index in [1.807, 2.05) is 176 Å². The molecule has 9 atom stereocenters. The lowest BCUT2D eigenvalue weighted by atomic mass is 9.90. The number of ether oxygens (including phenoxy) is 6. The summed E-state index contributed by atoms with van der Waals surface area (Å²) in [4.78, 5) is 181. The van der Waals surface area contributed by atoms with Gasteiger partial charge in [-0.2, -0.15) is 5.26 Å². The lowest BCUT2D eigenvalue weighted by Crippen LogP contribution is -2.48. The Kier molecular flexibility index (Phi) is 47.9. The highest BCUT2D eigenvalue weighted by molar-refractivity contribution is 6.06. The monoisotopic (exact) mass is 2060 g/mol. The number of hydrogen-bond donors (Lipinski definition) is 12. The fraction of sp³-hybridized carbons (Fsp3) is 0.434. The molecule has 0 saturated carbocycles. The van der Waals surface area contributed by atoms with Crippen molar-refractivity contribution < 1.29 is 96.2 Å². The molecule has 13 aromatic rings. The predicted molar refractivity (Wildman–Crippen MR) is 561 cm³/mol. The molecule has 41 nitrogen and oxygen atoms in total. The van der Waals surface area contributed by atoms with Gasteiger partial charge in [0.2, 0.25) is 23.6 Å². The van der Waals surface area contributed by atoms with Crippen LogP contribution in [0.25, 0.3) is 43.6 Å². The Bertz CT molecular complexity index is 6640. The van der Waals surface area contributed by atoms with Crippen molar-refractivity contribution in [2.45, 2.75) is 176 Å². The first-order valence-electron chi connectivity index (χ1n) is 47.7. The van der Waals surface area contributed by atoms with Gasteiger partial charge in [-0.3, -0.25) is 52.7 Å². The maximum absolute atomic E-state index is 13.2. The Morgan fingerprint density at radius 3 is 0.899 bits per heavy atom. The first-order valence-corrected chi connectivity index (χ1v) is 47.7. The van der Waals surface area contributed by atoms with Gasteiger partial charge in [0, 0.05) is 185 Å². The molecular weight excluding hydrogens is 1920 g/mol. The minimum Gasteiger partial charge on any atom is -0.496 e. The number of benzene rings is 4. The lowest BCUT2D eigenvalue weighted by molar-refractivity contribution is -0.145. The van der Waals surface area contributed by atoms with Crippen LogP contribution in [0.5, 0.6) is 23.0 Å². The number of aryl methyl sites for hydroxylation is 5. The topological polar surface area (TPSA) is 591 Å². The number of rotatable bonds is 45. The first kappa shape index (κ1) is 121. The molecule has 148 heavy (non-hydrogen) atoms. The van der Waals surface area contributed by atoms with Crippen LogP contribution in [-0.2, 0) is 115 Å². The van der Waals surface area contributed by atoms with Crippen LogP contribution in [0.1, 0.15) is 185 Å². The van der Waals surface area contributed by atoms with Gasteiger partial charge in [0.15, 0.2) is 23.1 Å². The molecule has 0 fully saturated rings. The molecule has 4 aromatic carbocycles. The summed E-state index contributed by atoms with van der Waals surface area (Å²) in [6, 6.07) is 27.3. The molecule has 0 aliphatic carbocycles. The van der Waals surface area contributed by atoms with Crippen molar-refractivity contribution in [2.75, 3.05) is 42.7 Å². The number of carbonyl (C=O) groups is 12. The van der Waals surface area contributed by atoms with Gasteiger partial charge in [-0.05, 0) is 122 Å². The summed E-state index contributed by atoms with van der Waals surface area (Å²) in [5.41, 5.74) is 24.8. The van der Waals surface area contributed by atoms with Crippen molar-refractivity contribution in [2.24, 2.45) is 99.8 Å². The van der Waals surface area contributed by atoms with Crippen LogP contribution in [0.2, 0.25) is 0 Å². The highest BCUT2D eigenvalue weighted by atomic mass is 35.5. The van der Waals surface area contributed by atoms with Crippen LogP contribution in [0.3, 0.4) is 0 Å². The molecule has 798 valence electrons. The molecule has 0 bridgehead atoms. The number of hydrogen-bond acceptors (Lipinski definition) is 26. The average molecular weight is 2070 g/mol. The number of nitrogens with two attached hydrogens (primary N) is 3. The van der Waals surface area contributed by atoms with Crippen LogP contribution >= 0.6 is 12.4 Å². The van der Waals surface area contributed by atoms with E-state index in [-0.39, 0.29) is 129 Å². The van der Waals surface area contributed by atoms with Gasteiger partial charge in [-0.1, -0.05) is 87.1 Å². The number of ketones is 4. The van der Waals surface area contributed by atoms with Crippen molar-refractivity contribution in [1.82, 2.24) is 83.6 Å². The zero-order chi connectivity index (χ0) is 107. The number of nitriles is 1. The van der Waals surface area contributed by atoms with Gasteiger partial charge in [-0.25, -0.2) is 29.7 Å². The second-order valence-corrected chi connectivity index (χ2v) is 37.6. The highest BCUT2D eigenvalue weighted by Gasteiger charge is 2.34. The third kappa shape index (κ3) is 36.9. The number of H-pyrrole nitrogens is 4. The van der Waals surface area contributed by atoms with E-state index < -0.39 is 83.7 Å². The largest absolute Gasteiger partial charge is 0.496 e. The molecule has 42 heteroatoms. The Balaban J connectivity index is 0.000000280. The fourth-order valence-electron chi connectivity index (χ4n) is 16.4. The number of nitrogens with zero attached hydrogens (tertiary/aromatic N) is 11. The van der Waals surface area contributed by atoms with E-state index in [0.717, 1.165) is 55.0 Å². The second-order valence-electron chi connectivity index (χ2n) is 37.6. The van der Waals surface area contributed by atoms with E-state index in [1.54, 1.807) is 126 Å². The third-order valence-electron chi connectivity index (χ3n) is 23.4. The summed E-state index contributed by atoms with van der Waals surface area (Å²) >= 11 is 0. The number of nitrogens with one attached hydrogen (secondary N) is 7. The van der Waals surface area contributed by atoms with Crippen LogP contribution < -0.4 is 52.1 Å². The molecular formula is C106H142ClN21O20.